The lowest BCUT2D eigenvalue weighted by molar-refractivity contribution is 0.0683. The molecule has 0 aliphatic rings. The van der Waals surface area contributed by atoms with Gasteiger partial charge in [0.15, 0.2) is 0 Å². The molecular formula is C17H30N2O2. The Morgan fingerprint density at radius 3 is 2.52 bits per heavy atom. The Balaban J connectivity index is 2.95. The first-order valence-electron chi connectivity index (χ1n) is 7.70. The van der Waals surface area contributed by atoms with Crippen LogP contribution >= 0.6 is 0 Å². The molecule has 0 aromatic heterocycles. The molecule has 2 N–H and O–H groups in total. The summed E-state index contributed by atoms with van der Waals surface area (Å²) in [4.78, 5) is 2.23. The molecule has 0 amide bonds. The zero-order valence-corrected chi connectivity index (χ0v) is 13.8. The fourth-order valence-corrected chi connectivity index (χ4v) is 2.52. The number of aliphatic hydroxyl groups excluding tert-OH is 1. The Hall–Kier alpha value is -0.940. The monoisotopic (exact) mass is 294 g/mol. The number of methoxy groups -OCH3 is 1. The molecule has 4 nitrogen and oxygen atoms in total. The fourth-order valence-electron chi connectivity index (χ4n) is 2.52. The average molecular weight is 294 g/mol. The highest BCUT2D eigenvalue weighted by Crippen LogP contribution is 2.23. The highest BCUT2D eigenvalue weighted by molar-refractivity contribution is 5.25. The molecule has 21 heavy (non-hydrogen) atoms. The van der Waals surface area contributed by atoms with Gasteiger partial charge < -0.3 is 15.2 Å². The maximum absolute atomic E-state index is 10.1. The highest BCUT2D eigenvalue weighted by atomic mass is 16.5. The second-order valence-electron chi connectivity index (χ2n) is 5.75. The van der Waals surface area contributed by atoms with Crippen LogP contribution in [-0.2, 0) is 10.3 Å². The second kappa shape index (κ2) is 9.15. The molecule has 0 radical (unpaired) electrons. The molecule has 0 bridgehead atoms. The third-order valence-electron chi connectivity index (χ3n) is 3.99. The van der Waals surface area contributed by atoms with E-state index in [0.29, 0.717) is 12.6 Å². The molecule has 1 rings (SSSR count). The van der Waals surface area contributed by atoms with E-state index < -0.39 is 5.54 Å². The lowest BCUT2D eigenvalue weighted by atomic mass is 9.89. The standard InChI is InChI=1S/C17H30N2O2/c1-5-11-18-17(14-20,16-9-7-6-8-10-16)13-19(3)15(2)12-21-4/h6-10,15,18,20H,5,11-14H2,1-4H3. The van der Waals surface area contributed by atoms with E-state index in [0.717, 1.165) is 25.1 Å². The molecule has 0 spiro atoms. The molecule has 0 aliphatic heterocycles. The van der Waals surface area contributed by atoms with Crippen molar-refractivity contribution in [2.75, 3.05) is 40.5 Å². The minimum absolute atomic E-state index is 0.0705. The van der Waals surface area contributed by atoms with Gasteiger partial charge in [0.1, 0.15) is 0 Å². The van der Waals surface area contributed by atoms with E-state index >= 15 is 0 Å². The SMILES string of the molecule is CCCNC(CO)(CN(C)C(C)COC)c1ccccc1. The van der Waals surface area contributed by atoms with E-state index in [1.807, 2.05) is 18.2 Å². The minimum atomic E-state index is -0.436. The van der Waals surface area contributed by atoms with Crippen LogP contribution in [0.3, 0.4) is 0 Å². The first-order valence-corrected chi connectivity index (χ1v) is 7.70. The number of hydrogen-bond donors (Lipinski definition) is 2. The molecule has 0 saturated heterocycles. The van der Waals surface area contributed by atoms with Crippen molar-refractivity contribution < 1.29 is 9.84 Å². The summed E-state index contributed by atoms with van der Waals surface area (Å²) in [6, 6.07) is 10.5. The van der Waals surface area contributed by atoms with Crippen molar-refractivity contribution >= 4 is 0 Å². The van der Waals surface area contributed by atoms with Crippen LogP contribution in [0.4, 0.5) is 0 Å². The number of benzene rings is 1. The van der Waals surface area contributed by atoms with Crippen LogP contribution in [-0.4, -0.2) is 56.5 Å². The molecular weight excluding hydrogens is 264 g/mol. The lowest BCUT2D eigenvalue weighted by Crippen LogP contribution is -2.55. The van der Waals surface area contributed by atoms with Gasteiger partial charge >= 0.3 is 0 Å². The van der Waals surface area contributed by atoms with E-state index in [1.54, 1.807) is 7.11 Å². The quantitative estimate of drug-likeness (QED) is 0.691. The normalized spacial score (nSPS) is 15.9. The number of nitrogens with zero attached hydrogens (tertiary/aromatic N) is 1. The van der Waals surface area contributed by atoms with Gasteiger partial charge in [0.2, 0.25) is 0 Å². The van der Waals surface area contributed by atoms with Crippen LogP contribution < -0.4 is 5.32 Å². The number of ether oxygens (including phenoxy) is 1. The van der Waals surface area contributed by atoms with E-state index in [2.05, 4.69) is 43.2 Å². The van der Waals surface area contributed by atoms with Crippen LogP contribution in [0.2, 0.25) is 0 Å². The van der Waals surface area contributed by atoms with Gasteiger partial charge in [0.05, 0.1) is 18.8 Å². The first-order chi connectivity index (χ1) is 10.1. The van der Waals surface area contributed by atoms with E-state index in [4.69, 9.17) is 4.74 Å². The predicted octanol–water partition coefficient (Wildman–Crippen LogP) is 1.84. The second-order valence-corrected chi connectivity index (χ2v) is 5.75. The molecule has 120 valence electrons. The Morgan fingerprint density at radius 1 is 1.33 bits per heavy atom. The maximum Gasteiger partial charge on any atom is 0.0797 e. The first kappa shape index (κ1) is 18.1. The van der Waals surface area contributed by atoms with Gasteiger partial charge in [0.25, 0.3) is 0 Å². The van der Waals surface area contributed by atoms with Gasteiger partial charge in [-0.25, -0.2) is 0 Å². The van der Waals surface area contributed by atoms with Crippen molar-refractivity contribution in [2.45, 2.75) is 31.8 Å². The smallest absolute Gasteiger partial charge is 0.0797 e. The zero-order valence-electron chi connectivity index (χ0n) is 13.8. The molecule has 1 aromatic carbocycles. The third kappa shape index (κ3) is 5.08. The lowest BCUT2D eigenvalue weighted by Gasteiger charge is -2.39. The average Bonchev–Trinajstić information content (AvgIpc) is 2.52. The van der Waals surface area contributed by atoms with Crippen LogP contribution in [0.25, 0.3) is 0 Å². The molecule has 0 aliphatic carbocycles. The summed E-state index contributed by atoms with van der Waals surface area (Å²) < 4.78 is 5.24. The van der Waals surface area contributed by atoms with Crippen LogP contribution in [0.15, 0.2) is 30.3 Å². The zero-order chi connectivity index (χ0) is 15.7. The van der Waals surface area contributed by atoms with Gasteiger partial charge in [0, 0.05) is 19.7 Å². The van der Waals surface area contributed by atoms with Gasteiger partial charge in [-0.1, -0.05) is 37.3 Å². The molecule has 4 heteroatoms. The summed E-state index contributed by atoms with van der Waals surface area (Å²) in [6.45, 7) is 6.63. The maximum atomic E-state index is 10.1. The molecule has 1 aromatic rings. The molecule has 0 heterocycles. The van der Waals surface area contributed by atoms with Crippen molar-refractivity contribution in [1.82, 2.24) is 10.2 Å². The summed E-state index contributed by atoms with van der Waals surface area (Å²) in [5, 5.41) is 13.6. The van der Waals surface area contributed by atoms with Crippen molar-refractivity contribution in [2.24, 2.45) is 0 Å². The molecule has 2 unspecified atom stereocenters. The summed E-state index contributed by atoms with van der Waals surface area (Å²) in [6.07, 6.45) is 1.03. The molecule has 2 atom stereocenters. The topological polar surface area (TPSA) is 44.7 Å². The highest BCUT2D eigenvalue weighted by Gasteiger charge is 2.33. The van der Waals surface area contributed by atoms with Gasteiger partial charge in [-0.05, 0) is 32.5 Å². The van der Waals surface area contributed by atoms with Crippen molar-refractivity contribution in [3.63, 3.8) is 0 Å². The van der Waals surface area contributed by atoms with Crippen molar-refractivity contribution in [3.05, 3.63) is 35.9 Å². The number of rotatable bonds is 10. The predicted molar refractivity (Wildman–Crippen MR) is 87.5 cm³/mol. The number of nitrogens with one attached hydrogen (secondary N) is 1. The number of aliphatic hydroxyl groups is 1. The van der Waals surface area contributed by atoms with Crippen LogP contribution in [0.1, 0.15) is 25.8 Å². The number of hydrogen-bond acceptors (Lipinski definition) is 4. The van der Waals surface area contributed by atoms with Crippen molar-refractivity contribution in [1.29, 1.82) is 0 Å². The Labute approximate surface area is 129 Å². The Bertz CT molecular complexity index is 386. The summed E-state index contributed by atoms with van der Waals surface area (Å²) in [5.74, 6) is 0. The van der Waals surface area contributed by atoms with Gasteiger partial charge in [-0.3, -0.25) is 4.90 Å². The van der Waals surface area contributed by atoms with Crippen molar-refractivity contribution in [3.8, 4) is 0 Å². The summed E-state index contributed by atoms with van der Waals surface area (Å²) >= 11 is 0. The van der Waals surface area contributed by atoms with Gasteiger partial charge in [-0.2, -0.15) is 0 Å². The number of likely N-dealkylation sites (N-methyl/N-ethyl adjacent to an activating group) is 1. The third-order valence-corrected chi connectivity index (χ3v) is 3.99. The Morgan fingerprint density at radius 2 is 2.00 bits per heavy atom. The van der Waals surface area contributed by atoms with Crippen LogP contribution in [0, 0.1) is 0 Å². The summed E-state index contributed by atoms with van der Waals surface area (Å²) in [5.41, 5.74) is 0.686. The van der Waals surface area contributed by atoms with E-state index in [9.17, 15) is 5.11 Å². The Kier molecular flexibility index (Phi) is 7.89. The summed E-state index contributed by atoms with van der Waals surface area (Å²) in [7, 11) is 3.79. The minimum Gasteiger partial charge on any atom is -0.394 e. The fraction of sp³-hybridized carbons (Fsp3) is 0.647. The van der Waals surface area contributed by atoms with Gasteiger partial charge in [-0.15, -0.1) is 0 Å². The van der Waals surface area contributed by atoms with E-state index in [1.165, 1.54) is 0 Å². The van der Waals surface area contributed by atoms with E-state index in [-0.39, 0.29) is 6.61 Å². The largest absolute Gasteiger partial charge is 0.394 e. The molecule has 0 saturated carbocycles. The molecule has 0 fully saturated rings. The van der Waals surface area contributed by atoms with Crippen LogP contribution in [0.5, 0.6) is 0 Å².